The molecule has 1 aromatic rings. The molecule has 4 nitrogen and oxygen atoms in total. The second-order valence-electron chi connectivity index (χ2n) is 5.76. The maximum absolute atomic E-state index is 12.8. The van der Waals surface area contributed by atoms with E-state index in [4.69, 9.17) is 5.73 Å². The fourth-order valence-corrected chi connectivity index (χ4v) is 4.85. The fraction of sp³-hybridized carbons (Fsp3) is 0.571. The quantitative estimate of drug-likeness (QED) is 0.845. The molecule has 2 rings (SSSR count). The molecule has 1 aliphatic heterocycles. The van der Waals surface area contributed by atoms with Gasteiger partial charge in [-0.05, 0) is 48.9 Å². The lowest BCUT2D eigenvalue weighted by Crippen LogP contribution is -2.30. The molecule has 2 atom stereocenters. The van der Waals surface area contributed by atoms with Gasteiger partial charge in [-0.2, -0.15) is 4.31 Å². The van der Waals surface area contributed by atoms with E-state index in [-0.39, 0.29) is 0 Å². The Morgan fingerprint density at radius 1 is 1.11 bits per heavy atom. The number of nitrogens with zero attached hydrogens (tertiary/aromatic N) is 1. The van der Waals surface area contributed by atoms with Crippen molar-refractivity contribution >= 4 is 15.7 Å². The van der Waals surface area contributed by atoms with Crippen LogP contribution in [-0.2, 0) is 10.0 Å². The van der Waals surface area contributed by atoms with E-state index >= 15 is 0 Å². The zero-order valence-corrected chi connectivity index (χ0v) is 12.8. The van der Waals surface area contributed by atoms with Crippen molar-refractivity contribution in [2.45, 2.75) is 32.6 Å². The number of anilines is 1. The Balaban J connectivity index is 2.47. The lowest BCUT2D eigenvalue weighted by Gasteiger charge is -2.19. The molecule has 1 saturated heterocycles. The van der Waals surface area contributed by atoms with Gasteiger partial charge in [0.2, 0.25) is 10.0 Å². The van der Waals surface area contributed by atoms with Crippen LogP contribution in [0.1, 0.15) is 25.0 Å². The first-order chi connectivity index (χ1) is 8.73. The molecule has 1 fully saturated rings. The van der Waals surface area contributed by atoms with Crippen LogP contribution in [0.3, 0.4) is 0 Å². The summed E-state index contributed by atoms with van der Waals surface area (Å²) < 4.78 is 27.1. The predicted molar refractivity (Wildman–Crippen MR) is 77.4 cm³/mol. The number of rotatable bonds is 2. The first-order valence-electron chi connectivity index (χ1n) is 6.60. The van der Waals surface area contributed by atoms with E-state index in [2.05, 4.69) is 13.8 Å². The summed E-state index contributed by atoms with van der Waals surface area (Å²) in [6, 6.07) is 3.45. The van der Waals surface area contributed by atoms with Gasteiger partial charge in [0.1, 0.15) is 0 Å². The highest BCUT2D eigenvalue weighted by atomic mass is 32.2. The Morgan fingerprint density at radius 2 is 1.53 bits per heavy atom. The van der Waals surface area contributed by atoms with Crippen molar-refractivity contribution in [1.29, 1.82) is 0 Å². The van der Waals surface area contributed by atoms with Gasteiger partial charge >= 0.3 is 0 Å². The van der Waals surface area contributed by atoms with Crippen LogP contribution in [-0.4, -0.2) is 25.8 Å². The first kappa shape index (κ1) is 14.3. The lowest BCUT2D eigenvalue weighted by atomic mass is 10.0. The summed E-state index contributed by atoms with van der Waals surface area (Å²) in [6.45, 7) is 9.02. The van der Waals surface area contributed by atoms with Gasteiger partial charge in [-0.15, -0.1) is 0 Å². The van der Waals surface area contributed by atoms with Crippen LogP contribution in [0.2, 0.25) is 0 Å². The van der Waals surface area contributed by atoms with E-state index in [1.807, 2.05) is 0 Å². The zero-order valence-electron chi connectivity index (χ0n) is 12.0. The van der Waals surface area contributed by atoms with Crippen LogP contribution in [0.25, 0.3) is 0 Å². The van der Waals surface area contributed by atoms with Crippen molar-refractivity contribution in [2.24, 2.45) is 11.8 Å². The Hall–Kier alpha value is -1.07. The molecular formula is C14H22N2O2S. The second-order valence-corrected chi connectivity index (χ2v) is 7.64. The Labute approximate surface area is 115 Å². The molecule has 1 aliphatic rings. The van der Waals surface area contributed by atoms with Crippen LogP contribution in [0.15, 0.2) is 17.0 Å². The third-order valence-electron chi connectivity index (χ3n) is 4.04. The average Bonchev–Trinajstić information content (AvgIpc) is 2.57. The van der Waals surface area contributed by atoms with Gasteiger partial charge < -0.3 is 5.73 Å². The molecule has 0 amide bonds. The molecule has 2 unspecified atom stereocenters. The molecule has 0 bridgehead atoms. The summed E-state index contributed by atoms with van der Waals surface area (Å²) in [4.78, 5) is 0.419. The standard InChI is InChI=1S/C14H22N2O2S/c1-9-5-13(15)6-10(2)14(9)19(17,18)16-7-11(3)12(4)8-16/h5-6,11-12H,7-8,15H2,1-4H3. The summed E-state index contributed by atoms with van der Waals surface area (Å²) in [5.74, 6) is 0.813. The van der Waals surface area contributed by atoms with Crippen LogP contribution >= 0.6 is 0 Å². The molecule has 0 spiro atoms. The molecule has 0 radical (unpaired) electrons. The molecule has 106 valence electrons. The van der Waals surface area contributed by atoms with Crippen molar-refractivity contribution in [2.75, 3.05) is 18.8 Å². The maximum atomic E-state index is 12.8. The van der Waals surface area contributed by atoms with Gasteiger partial charge in [0, 0.05) is 18.8 Å². The summed E-state index contributed by atoms with van der Waals surface area (Å²) in [6.07, 6.45) is 0. The number of hydrogen-bond donors (Lipinski definition) is 1. The third-order valence-corrected chi connectivity index (χ3v) is 6.17. The number of nitrogen functional groups attached to an aromatic ring is 1. The second kappa shape index (κ2) is 4.80. The third kappa shape index (κ3) is 2.49. The van der Waals surface area contributed by atoms with E-state index < -0.39 is 10.0 Å². The maximum Gasteiger partial charge on any atom is 0.243 e. The van der Waals surface area contributed by atoms with Gasteiger partial charge in [-0.1, -0.05) is 13.8 Å². The van der Waals surface area contributed by atoms with Gasteiger partial charge in [-0.25, -0.2) is 8.42 Å². The molecule has 5 heteroatoms. The minimum absolute atomic E-state index is 0.407. The lowest BCUT2D eigenvalue weighted by molar-refractivity contribution is 0.462. The predicted octanol–water partition coefficient (Wildman–Crippen LogP) is 2.16. The SMILES string of the molecule is Cc1cc(N)cc(C)c1S(=O)(=O)N1CC(C)C(C)C1. The molecular weight excluding hydrogens is 260 g/mol. The van der Waals surface area contributed by atoms with E-state index in [0.29, 0.717) is 35.5 Å². The first-order valence-corrected chi connectivity index (χ1v) is 8.04. The normalized spacial score (nSPS) is 24.8. The summed E-state index contributed by atoms with van der Waals surface area (Å²) in [5, 5.41) is 0. The highest BCUT2D eigenvalue weighted by Crippen LogP contribution is 2.31. The highest BCUT2D eigenvalue weighted by Gasteiger charge is 2.36. The Morgan fingerprint density at radius 3 is 1.95 bits per heavy atom. The van der Waals surface area contributed by atoms with Gasteiger partial charge in [0.15, 0.2) is 0 Å². The molecule has 1 aromatic carbocycles. The number of sulfonamides is 1. The number of nitrogens with two attached hydrogens (primary N) is 1. The van der Waals surface area contributed by atoms with Crippen molar-refractivity contribution in [3.8, 4) is 0 Å². The molecule has 19 heavy (non-hydrogen) atoms. The zero-order chi connectivity index (χ0) is 14.4. The van der Waals surface area contributed by atoms with Crippen LogP contribution in [0.4, 0.5) is 5.69 Å². The van der Waals surface area contributed by atoms with Crippen molar-refractivity contribution in [3.05, 3.63) is 23.3 Å². The van der Waals surface area contributed by atoms with Crippen LogP contribution in [0.5, 0.6) is 0 Å². The molecule has 2 N–H and O–H groups in total. The van der Waals surface area contributed by atoms with Crippen molar-refractivity contribution in [3.63, 3.8) is 0 Å². The van der Waals surface area contributed by atoms with E-state index in [0.717, 1.165) is 11.1 Å². The van der Waals surface area contributed by atoms with Gasteiger partial charge in [-0.3, -0.25) is 0 Å². The van der Waals surface area contributed by atoms with Crippen molar-refractivity contribution in [1.82, 2.24) is 4.31 Å². The fourth-order valence-electron chi connectivity index (χ4n) is 2.79. The van der Waals surface area contributed by atoms with Crippen LogP contribution in [0, 0.1) is 25.7 Å². The number of benzene rings is 1. The summed E-state index contributed by atoms with van der Waals surface area (Å²) in [5.41, 5.74) is 7.82. The Bertz CT molecular complexity index is 562. The number of hydrogen-bond acceptors (Lipinski definition) is 3. The van der Waals surface area contributed by atoms with E-state index in [1.54, 1.807) is 30.3 Å². The highest BCUT2D eigenvalue weighted by molar-refractivity contribution is 7.89. The summed E-state index contributed by atoms with van der Waals surface area (Å²) in [7, 11) is -3.40. The molecule has 0 aliphatic carbocycles. The minimum atomic E-state index is -3.40. The minimum Gasteiger partial charge on any atom is -0.399 e. The molecule has 0 aromatic heterocycles. The molecule has 0 saturated carbocycles. The average molecular weight is 282 g/mol. The summed E-state index contributed by atoms with van der Waals surface area (Å²) >= 11 is 0. The van der Waals surface area contributed by atoms with E-state index in [9.17, 15) is 8.42 Å². The largest absolute Gasteiger partial charge is 0.399 e. The van der Waals surface area contributed by atoms with E-state index in [1.165, 1.54) is 0 Å². The van der Waals surface area contributed by atoms with Gasteiger partial charge in [0.25, 0.3) is 0 Å². The smallest absolute Gasteiger partial charge is 0.243 e. The Kier molecular flexibility index (Phi) is 3.62. The van der Waals surface area contributed by atoms with Crippen LogP contribution < -0.4 is 5.73 Å². The van der Waals surface area contributed by atoms with Crippen molar-refractivity contribution < 1.29 is 8.42 Å². The number of aryl methyl sites for hydroxylation is 2. The van der Waals surface area contributed by atoms with Gasteiger partial charge in [0.05, 0.1) is 4.90 Å². The monoisotopic (exact) mass is 282 g/mol. The molecule has 1 heterocycles. The topological polar surface area (TPSA) is 63.4 Å².